The molecule has 1 amide bonds. The van der Waals surface area contributed by atoms with Crippen molar-refractivity contribution in [2.75, 3.05) is 36.5 Å². The number of rotatable bonds is 4. The van der Waals surface area contributed by atoms with E-state index in [9.17, 15) is 18.0 Å². The van der Waals surface area contributed by atoms with E-state index < -0.39 is 35.7 Å². The molecule has 0 bridgehead atoms. The Labute approximate surface area is 237 Å². The standard InChI is InChI=1S/C27H26F3N7O3S/c1-14-15(2)41-25-19(14)20(16-6-4-3-5-7-16)34-23(24(38)36-25)35-26(32)40-22(31)21-18(37-8-10-39-11-9-37)12-17(13-33-21)27(28,29)30/h3-7,12-13,23,31H,8-11H2,1-2H3,(H2,32,35)(H,36,38). The Bertz CT molecular complexity index is 1550. The van der Waals surface area contributed by atoms with Gasteiger partial charge in [0, 0.05) is 35.3 Å². The van der Waals surface area contributed by atoms with Crippen molar-refractivity contribution in [3.05, 3.63) is 75.4 Å². The lowest BCUT2D eigenvalue weighted by molar-refractivity contribution is -0.137. The maximum absolute atomic E-state index is 13.4. The number of ether oxygens (including phenoxy) is 2. The van der Waals surface area contributed by atoms with Gasteiger partial charge in [0.1, 0.15) is 10.7 Å². The molecule has 0 aliphatic carbocycles. The summed E-state index contributed by atoms with van der Waals surface area (Å²) >= 11 is 1.42. The number of hydrogen-bond acceptors (Lipinski definition) is 9. The van der Waals surface area contributed by atoms with Crippen molar-refractivity contribution < 1.29 is 27.4 Å². The van der Waals surface area contributed by atoms with Crippen LogP contribution in [0.15, 0.2) is 52.6 Å². The van der Waals surface area contributed by atoms with Gasteiger partial charge in [0.15, 0.2) is 0 Å². The van der Waals surface area contributed by atoms with Gasteiger partial charge < -0.3 is 25.4 Å². The van der Waals surface area contributed by atoms with Crippen LogP contribution in [0.25, 0.3) is 0 Å². The molecule has 4 N–H and O–H groups in total. The summed E-state index contributed by atoms with van der Waals surface area (Å²) in [4.78, 5) is 28.4. The lowest BCUT2D eigenvalue weighted by Gasteiger charge is -2.30. The topological polar surface area (TPSA) is 138 Å². The fraction of sp³-hybridized carbons (Fsp3) is 0.296. The number of hydrogen-bond donors (Lipinski definition) is 3. The highest BCUT2D eigenvalue weighted by Gasteiger charge is 2.34. The Morgan fingerprint density at radius 2 is 1.95 bits per heavy atom. The number of halogens is 3. The van der Waals surface area contributed by atoms with Crippen LogP contribution in [0.5, 0.6) is 0 Å². The zero-order valence-corrected chi connectivity index (χ0v) is 22.9. The third-order valence-corrected chi connectivity index (χ3v) is 7.73. The normalized spacial score (nSPS) is 17.8. The summed E-state index contributed by atoms with van der Waals surface area (Å²) in [6.07, 6.45) is -5.35. The first-order valence-electron chi connectivity index (χ1n) is 12.6. The number of thiophene rings is 1. The fourth-order valence-corrected chi connectivity index (χ4v) is 5.52. The molecule has 214 valence electrons. The quantitative estimate of drug-likeness (QED) is 0.312. The zero-order chi connectivity index (χ0) is 29.3. The van der Waals surface area contributed by atoms with Gasteiger partial charge in [-0.15, -0.1) is 11.3 Å². The van der Waals surface area contributed by atoms with Gasteiger partial charge in [-0.3, -0.25) is 10.2 Å². The van der Waals surface area contributed by atoms with Gasteiger partial charge in [-0.2, -0.15) is 18.2 Å². The SMILES string of the molecule is Cc1sc2c(c1C)C(c1ccccc1)=NC(N=C(N)OC(=N)c1ncc(C(F)(F)F)cc1N1CCOCC1)C(=O)N2. The number of morpholine rings is 1. The lowest BCUT2D eigenvalue weighted by Crippen LogP contribution is -2.38. The first-order valence-corrected chi connectivity index (χ1v) is 13.4. The van der Waals surface area contributed by atoms with Gasteiger partial charge in [-0.1, -0.05) is 30.3 Å². The molecule has 1 atom stereocenters. The Balaban J connectivity index is 1.47. The number of nitrogens with zero attached hydrogens (tertiary/aromatic N) is 4. The number of pyridine rings is 1. The Morgan fingerprint density at radius 1 is 1.24 bits per heavy atom. The number of fused-ring (bicyclic) bond motifs is 1. The van der Waals surface area contributed by atoms with E-state index in [2.05, 4.69) is 20.3 Å². The predicted molar refractivity (Wildman–Crippen MR) is 150 cm³/mol. The van der Waals surface area contributed by atoms with Crippen LogP contribution in [0.2, 0.25) is 0 Å². The maximum Gasteiger partial charge on any atom is 0.417 e. The van der Waals surface area contributed by atoms with E-state index >= 15 is 0 Å². The van der Waals surface area contributed by atoms with Gasteiger partial charge in [-0.25, -0.2) is 9.98 Å². The number of amides is 1. The third kappa shape index (κ3) is 5.93. The minimum Gasteiger partial charge on any atom is -0.405 e. The second kappa shape index (κ2) is 11.3. The second-order valence-corrected chi connectivity index (χ2v) is 10.5. The van der Waals surface area contributed by atoms with E-state index in [1.165, 1.54) is 11.3 Å². The van der Waals surface area contributed by atoms with E-state index in [1.54, 1.807) is 4.90 Å². The summed E-state index contributed by atoms with van der Waals surface area (Å²) in [5.74, 6) is -1.19. The molecular weight excluding hydrogens is 559 g/mol. The number of anilines is 2. The number of alkyl halides is 3. The summed E-state index contributed by atoms with van der Waals surface area (Å²) in [6.45, 7) is 5.11. The molecule has 1 saturated heterocycles. The van der Waals surface area contributed by atoms with Crippen molar-refractivity contribution in [2.24, 2.45) is 15.7 Å². The molecule has 2 aliphatic rings. The summed E-state index contributed by atoms with van der Waals surface area (Å²) in [6, 6.07) is 9.65. The van der Waals surface area contributed by atoms with Crippen molar-refractivity contribution in [3.63, 3.8) is 0 Å². The molecule has 0 radical (unpaired) electrons. The van der Waals surface area contributed by atoms with Crippen molar-refractivity contribution in [3.8, 4) is 0 Å². The number of carbonyl (C=O) groups excluding carboxylic acids is 1. The zero-order valence-electron chi connectivity index (χ0n) is 22.1. The number of aliphatic imine (C=N–C) groups is 2. The number of carbonyl (C=O) groups is 1. The highest BCUT2D eigenvalue weighted by molar-refractivity contribution is 7.17. The number of aryl methyl sites for hydroxylation is 1. The number of benzene rings is 1. The number of amidine groups is 1. The minimum absolute atomic E-state index is 0.0489. The van der Waals surface area contributed by atoms with E-state index in [1.807, 2.05) is 44.2 Å². The Morgan fingerprint density at radius 3 is 2.63 bits per heavy atom. The molecule has 4 heterocycles. The Kier molecular flexibility index (Phi) is 7.78. The third-order valence-electron chi connectivity index (χ3n) is 6.61. The number of nitrogens with two attached hydrogens (primary N) is 1. The fourth-order valence-electron chi connectivity index (χ4n) is 4.45. The van der Waals surface area contributed by atoms with E-state index in [-0.39, 0.29) is 11.4 Å². The van der Waals surface area contributed by atoms with Gasteiger partial charge >= 0.3 is 6.18 Å². The summed E-state index contributed by atoms with van der Waals surface area (Å²) in [5.41, 5.74) is 7.97. The molecular formula is C27H26F3N7O3S. The average molecular weight is 586 g/mol. The molecule has 41 heavy (non-hydrogen) atoms. The monoisotopic (exact) mass is 585 g/mol. The van der Waals surface area contributed by atoms with E-state index in [0.29, 0.717) is 43.2 Å². The molecule has 0 spiro atoms. The smallest absolute Gasteiger partial charge is 0.405 e. The van der Waals surface area contributed by atoms with Gasteiger partial charge in [0.2, 0.25) is 12.1 Å². The molecule has 3 aromatic rings. The highest BCUT2D eigenvalue weighted by atomic mass is 32.1. The summed E-state index contributed by atoms with van der Waals surface area (Å²) in [5, 5.41) is 11.9. The average Bonchev–Trinajstić information content (AvgIpc) is 3.14. The molecule has 14 heteroatoms. The first kappa shape index (κ1) is 28.2. The van der Waals surface area contributed by atoms with Crippen LogP contribution < -0.4 is 16.0 Å². The molecule has 1 fully saturated rings. The lowest BCUT2D eigenvalue weighted by atomic mass is 10.00. The Hall–Kier alpha value is -4.30. The molecule has 2 aliphatic heterocycles. The largest absolute Gasteiger partial charge is 0.417 e. The highest BCUT2D eigenvalue weighted by Crippen LogP contribution is 2.37. The van der Waals surface area contributed by atoms with Crippen molar-refractivity contribution in [1.82, 2.24) is 4.98 Å². The van der Waals surface area contributed by atoms with Crippen LogP contribution in [0.1, 0.15) is 32.8 Å². The van der Waals surface area contributed by atoms with Gasteiger partial charge in [0.25, 0.3) is 11.9 Å². The first-order chi connectivity index (χ1) is 19.5. The van der Waals surface area contributed by atoms with E-state index in [0.717, 1.165) is 27.6 Å². The van der Waals surface area contributed by atoms with Crippen molar-refractivity contribution >= 4 is 45.6 Å². The minimum atomic E-state index is -4.63. The number of aromatic nitrogens is 1. The molecule has 5 rings (SSSR count). The molecule has 1 aromatic carbocycles. The van der Waals surface area contributed by atoms with E-state index in [4.69, 9.17) is 20.6 Å². The van der Waals surface area contributed by atoms with Crippen molar-refractivity contribution in [1.29, 1.82) is 5.41 Å². The molecule has 10 nitrogen and oxygen atoms in total. The maximum atomic E-state index is 13.4. The molecule has 1 unspecified atom stereocenters. The summed E-state index contributed by atoms with van der Waals surface area (Å²) < 4.78 is 51.0. The van der Waals surface area contributed by atoms with Crippen molar-refractivity contribution in [2.45, 2.75) is 26.2 Å². The van der Waals surface area contributed by atoms with Crippen LogP contribution in [0, 0.1) is 19.3 Å². The predicted octanol–water partition coefficient (Wildman–Crippen LogP) is 4.09. The second-order valence-electron chi connectivity index (χ2n) is 9.28. The van der Waals surface area contributed by atoms with Crippen LogP contribution in [-0.2, 0) is 20.4 Å². The van der Waals surface area contributed by atoms with Crippen LogP contribution in [0.4, 0.5) is 23.9 Å². The van der Waals surface area contributed by atoms with Crippen LogP contribution in [-0.4, -0.2) is 61.0 Å². The summed E-state index contributed by atoms with van der Waals surface area (Å²) in [7, 11) is 0. The van der Waals surface area contributed by atoms with Crippen LogP contribution in [0.3, 0.4) is 0 Å². The van der Waals surface area contributed by atoms with Gasteiger partial charge in [-0.05, 0) is 25.5 Å². The molecule has 0 saturated carbocycles. The van der Waals surface area contributed by atoms with Crippen LogP contribution >= 0.6 is 11.3 Å². The molecule has 2 aromatic heterocycles. The number of nitrogens with one attached hydrogen (secondary N) is 2. The van der Waals surface area contributed by atoms with Gasteiger partial charge in [0.05, 0.1) is 30.2 Å².